The number of piperazine rings is 1. The minimum atomic E-state index is 0.109. The Hall–Kier alpha value is -1.99. The van der Waals surface area contributed by atoms with Crippen LogP contribution in [0.2, 0.25) is 0 Å². The highest BCUT2D eigenvalue weighted by atomic mass is 32.2. The van der Waals surface area contributed by atoms with Crippen molar-refractivity contribution >= 4 is 40.4 Å². The number of carbonyl (C=O) groups is 1. The van der Waals surface area contributed by atoms with Crippen molar-refractivity contribution in [1.29, 1.82) is 0 Å². The molecule has 0 aliphatic carbocycles. The van der Waals surface area contributed by atoms with Gasteiger partial charge in [0.05, 0.1) is 10.3 Å². The Kier molecular flexibility index (Phi) is 4.36. The lowest BCUT2D eigenvalue weighted by atomic mass is 9.92. The predicted molar refractivity (Wildman–Crippen MR) is 112 cm³/mol. The number of nitrogens with zero attached hydrogens (tertiary/aromatic N) is 3. The fourth-order valence-corrected chi connectivity index (χ4v) is 6.47. The van der Waals surface area contributed by atoms with Crippen LogP contribution in [-0.4, -0.2) is 48.5 Å². The van der Waals surface area contributed by atoms with Crippen LogP contribution in [0.4, 0.5) is 5.69 Å². The van der Waals surface area contributed by atoms with E-state index < -0.39 is 0 Å². The van der Waals surface area contributed by atoms with E-state index in [1.165, 1.54) is 21.0 Å². The first kappa shape index (κ1) is 17.1. The summed E-state index contributed by atoms with van der Waals surface area (Å²) >= 11 is 3.64. The molecule has 0 saturated carbocycles. The van der Waals surface area contributed by atoms with Gasteiger partial charge in [0, 0.05) is 49.1 Å². The molecule has 7 heteroatoms. The van der Waals surface area contributed by atoms with Gasteiger partial charge in [-0.3, -0.25) is 4.79 Å². The first-order valence-corrected chi connectivity index (χ1v) is 11.2. The van der Waals surface area contributed by atoms with Gasteiger partial charge in [0.1, 0.15) is 5.71 Å². The summed E-state index contributed by atoms with van der Waals surface area (Å²) in [6, 6.07) is 10.9. The SMILES string of the molecule is Cc1cccc(N2CCN(C(=O)C3=NNC4c5ccsc5SCC34)CC2)c1. The van der Waals surface area contributed by atoms with E-state index in [-0.39, 0.29) is 17.9 Å². The van der Waals surface area contributed by atoms with Gasteiger partial charge in [-0.25, -0.2) is 0 Å². The number of benzene rings is 1. The highest BCUT2D eigenvalue weighted by Gasteiger charge is 2.42. The van der Waals surface area contributed by atoms with E-state index in [1.54, 1.807) is 11.3 Å². The van der Waals surface area contributed by atoms with Gasteiger partial charge in [0.25, 0.3) is 5.91 Å². The van der Waals surface area contributed by atoms with Crippen LogP contribution in [0, 0.1) is 12.8 Å². The molecule has 1 amide bonds. The molecular weight excluding hydrogens is 376 g/mol. The van der Waals surface area contributed by atoms with Crippen LogP contribution >= 0.6 is 23.1 Å². The monoisotopic (exact) mass is 398 g/mol. The van der Waals surface area contributed by atoms with E-state index in [9.17, 15) is 4.79 Å². The number of carbonyl (C=O) groups excluding carboxylic acids is 1. The topological polar surface area (TPSA) is 47.9 Å². The highest BCUT2D eigenvalue weighted by Crippen LogP contribution is 2.45. The average molecular weight is 399 g/mol. The molecule has 140 valence electrons. The summed E-state index contributed by atoms with van der Waals surface area (Å²) in [6.07, 6.45) is 0. The molecule has 0 bridgehead atoms. The van der Waals surface area contributed by atoms with Crippen molar-refractivity contribution in [2.75, 3.05) is 36.8 Å². The quantitative estimate of drug-likeness (QED) is 0.844. The third kappa shape index (κ3) is 3.02. The van der Waals surface area contributed by atoms with Crippen molar-refractivity contribution in [3.8, 4) is 0 Å². The number of anilines is 1. The van der Waals surface area contributed by atoms with E-state index in [4.69, 9.17) is 0 Å². The Morgan fingerprint density at radius 1 is 1.22 bits per heavy atom. The minimum Gasteiger partial charge on any atom is -0.368 e. The molecule has 5 nitrogen and oxygen atoms in total. The van der Waals surface area contributed by atoms with Gasteiger partial charge in [-0.2, -0.15) is 5.10 Å². The summed E-state index contributed by atoms with van der Waals surface area (Å²) in [7, 11) is 0. The molecule has 3 aliphatic heterocycles. The Morgan fingerprint density at radius 2 is 2.07 bits per heavy atom. The van der Waals surface area contributed by atoms with Crippen LogP contribution in [0.25, 0.3) is 0 Å². The predicted octanol–water partition coefficient (Wildman–Crippen LogP) is 3.13. The lowest BCUT2D eigenvalue weighted by Gasteiger charge is -2.36. The fraction of sp³-hybridized carbons (Fsp3) is 0.400. The number of rotatable bonds is 2. The van der Waals surface area contributed by atoms with E-state index in [2.05, 4.69) is 58.1 Å². The summed E-state index contributed by atoms with van der Waals surface area (Å²) in [5, 5.41) is 6.61. The summed E-state index contributed by atoms with van der Waals surface area (Å²) in [6.45, 7) is 5.35. The summed E-state index contributed by atoms with van der Waals surface area (Å²) in [5.74, 6) is 1.22. The standard InChI is InChI=1S/C20H22N4OS2/c1-13-3-2-4-14(11-13)23-6-8-24(9-7-23)19(25)18-16-12-27-20-15(5-10-26-20)17(16)21-22-18/h2-5,10-11,16-17,21H,6-9,12H2,1H3. The molecule has 2 aromatic rings. The number of nitrogens with one attached hydrogen (secondary N) is 1. The second-order valence-electron chi connectivity index (χ2n) is 7.30. The van der Waals surface area contributed by atoms with Crippen LogP contribution in [0.15, 0.2) is 45.0 Å². The van der Waals surface area contributed by atoms with E-state index in [1.807, 2.05) is 16.7 Å². The number of hydrogen-bond acceptors (Lipinski definition) is 6. The van der Waals surface area contributed by atoms with Crippen molar-refractivity contribution in [3.05, 3.63) is 46.8 Å². The van der Waals surface area contributed by atoms with Gasteiger partial charge < -0.3 is 15.2 Å². The molecule has 1 N–H and O–H groups in total. The van der Waals surface area contributed by atoms with E-state index in [0.29, 0.717) is 5.71 Å². The normalized spacial score (nSPS) is 24.1. The molecule has 0 spiro atoms. The molecule has 1 saturated heterocycles. The second-order valence-corrected chi connectivity index (χ2v) is 9.51. The zero-order valence-electron chi connectivity index (χ0n) is 15.2. The second kappa shape index (κ2) is 6.87. The molecule has 2 unspecified atom stereocenters. The van der Waals surface area contributed by atoms with Crippen LogP contribution in [0.3, 0.4) is 0 Å². The van der Waals surface area contributed by atoms with Crippen molar-refractivity contribution < 1.29 is 4.79 Å². The third-order valence-corrected chi connectivity index (χ3v) is 8.01. The maximum Gasteiger partial charge on any atom is 0.270 e. The summed E-state index contributed by atoms with van der Waals surface area (Å²) in [4.78, 5) is 17.5. The Bertz CT molecular complexity index is 901. The first-order valence-electron chi connectivity index (χ1n) is 9.35. The number of thiophene rings is 1. The molecule has 0 radical (unpaired) electrons. The number of thioether (sulfide) groups is 1. The maximum atomic E-state index is 13.1. The lowest BCUT2D eigenvalue weighted by molar-refractivity contribution is -0.124. The molecule has 27 heavy (non-hydrogen) atoms. The zero-order chi connectivity index (χ0) is 18.4. The molecule has 2 atom stereocenters. The Labute approximate surface area is 167 Å². The third-order valence-electron chi connectivity index (χ3n) is 5.62. The van der Waals surface area contributed by atoms with Gasteiger partial charge in [-0.1, -0.05) is 12.1 Å². The van der Waals surface area contributed by atoms with Gasteiger partial charge in [0.2, 0.25) is 0 Å². The molecular formula is C20H22N4OS2. The molecule has 1 fully saturated rings. The smallest absolute Gasteiger partial charge is 0.270 e. The summed E-state index contributed by atoms with van der Waals surface area (Å²) in [5.41, 5.74) is 7.77. The van der Waals surface area contributed by atoms with Crippen LogP contribution < -0.4 is 10.3 Å². The van der Waals surface area contributed by atoms with Crippen molar-refractivity contribution in [2.45, 2.75) is 17.2 Å². The van der Waals surface area contributed by atoms with Crippen molar-refractivity contribution in [1.82, 2.24) is 10.3 Å². The average Bonchev–Trinajstić information content (AvgIpc) is 3.34. The van der Waals surface area contributed by atoms with Crippen molar-refractivity contribution in [2.24, 2.45) is 11.0 Å². The molecule has 4 heterocycles. The zero-order valence-corrected chi connectivity index (χ0v) is 16.9. The van der Waals surface area contributed by atoms with Gasteiger partial charge in [-0.15, -0.1) is 23.1 Å². The van der Waals surface area contributed by atoms with E-state index >= 15 is 0 Å². The maximum absolute atomic E-state index is 13.1. The number of aryl methyl sites for hydroxylation is 1. The number of hydrazone groups is 1. The van der Waals surface area contributed by atoms with Crippen LogP contribution in [-0.2, 0) is 4.79 Å². The van der Waals surface area contributed by atoms with E-state index in [0.717, 1.165) is 31.9 Å². The van der Waals surface area contributed by atoms with Crippen LogP contribution in [0.5, 0.6) is 0 Å². The molecule has 3 aliphatic rings. The largest absolute Gasteiger partial charge is 0.368 e. The molecule has 1 aromatic carbocycles. The van der Waals surface area contributed by atoms with Crippen LogP contribution in [0.1, 0.15) is 17.2 Å². The van der Waals surface area contributed by atoms with Gasteiger partial charge >= 0.3 is 0 Å². The lowest BCUT2D eigenvalue weighted by Crippen LogP contribution is -2.51. The number of hydrogen-bond donors (Lipinski definition) is 1. The first-order chi connectivity index (χ1) is 13.2. The van der Waals surface area contributed by atoms with Gasteiger partial charge in [-0.05, 0) is 36.1 Å². The van der Waals surface area contributed by atoms with Crippen molar-refractivity contribution in [3.63, 3.8) is 0 Å². The van der Waals surface area contributed by atoms with Gasteiger partial charge in [0.15, 0.2) is 0 Å². The molecule has 1 aromatic heterocycles. The Balaban J connectivity index is 1.25. The fourth-order valence-electron chi connectivity index (χ4n) is 4.11. The number of fused-ring (bicyclic) bond motifs is 3. The summed E-state index contributed by atoms with van der Waals surface area (Å²) < 4.78 is 1.36. The minimum absolute atomic E-state index is 0.109. The molecule has 5 rings (SSSR count). The Morgan fingerprint density at radius 3 is 2.89 bits per heavy atom. The highest BCUT2D eigenvalue weighted by molar-refractivity contribution is 8.01. The number of amides is 1.